The van der Waals surface area contributed by atoms with Crippen molar-refractivity contribution in [2.24, 2.45) is 0 Å². The number of aromatic amines is 1. The third-order valence-corrected chi connectivity index (χ3v) is 5.04. The molecule has 0 unspecified atom stereocenters. The average molecular weight is 349 g/mol. The van der Waals surface area contributed by atoms with Crippen LogP contribution in [0.25, 0.3) is 0 Å². The molecule has 1 atom stereocenters. The van der Waals surface area contributed by atoms with Crippen LogP contribution in [-0.4, -0.2) is 39.8 Å². The molecular weight excluding hydrogens is 326 g/mol. The highest BCUT2D eigenvalue weighted by Gasteiger charge is 2.19. The number of thioether (sulfide) groups is 1. The number of H-pyrrole nitrogens is 1. The SMILES string of the molecule is Cc1cccc(C)c1OCCSc1n[nH]c(=O)n1C[C@@H]1CCCO1. The van der Waals surface area contributed by atoms with Gasteiger partial charge in [-0.05, 0) is 37.8 Å². The number of ether oxygens (including phenoxy) is 2. The predicted octanol–water partition coefficient (Wildman–Crippen LogP) is 2.54. The summed E-state index contributed by atoms with van der Waals surface area (Å²) in [4.78, 5) is 11.9. The minimum absolute atomic E-state index is 0.116. The van der Waals surface area contributed by atoms with Gasteiger partial charge < -0.3 is 9.47 Å². The van der Waals surface area contributed by atoms with E-state index < -0.39 is 0 Å². The fourth-order valence-electron chi connectivity index (χ4n) is 2.87. The molecule has 1 aromatic heterocycles. The molecule has 1 aliphatic rings. The van der Waals surface area contributed by atoms with Crippen LogP contribution in [0.4, 0.5) is 0 Å². The number of nitrogens with one attached hydrogen (secondary N) is 1. The Balaban J connectivity index is 1.54. The molecule has 2 heterocycles. The first kappa shape index (κ1) is 17.1. The summed E-state index contributed by atoms with van der Waals surface area (Å²) in [6.45, 7) is 6.00. The Labute approximate surface area is 145 Å². The zero-order valence-corrected chi connectivity index (χ0v) is 14.9. The Morgan fingerprint density at radius 2 is 2.21 bits per heavy atom. The summed E-state index contributed by atoms with van der Waals surface area (Å²) in [5.41, 5.74) is 2.09. The van der Waals surface area contributed by atoms with Gasteiger partial charge in [0.05, 0.1) is 19.3 Å². The maximum Gasteiger partial charge on any atom is 0.344 e. The van der Waals surface area contributed by atoms with E-state index in [1.54, 1.807) is 4.57 Å². The van der Waals surface area contributed by atoms with E-state index in [1.165, 1.54) is 11.8 Å². The molecule has 0 amide bonds. The van der Waals surface area contributed by atoms with Crippen LogP contribution in [0.1, 0.15) is 24.0 Å². The monoisotopic (exact) mass is 349 g/mol. The molecule has 1 fully saturated rings. The summed E-state index contributed by atoms with van der Waals surface area (Å²) in [6.07, 6.45) is 2.17. The van der Waals surface area contributed by atoms with Crippen LogP contribution in [-0.2, 0) is 11.3 Å². The first-order valence-corrected chi connectivity index (χ1v) is 9.22. The third-order valence-electron chi connectivity index (χ3n) is 4.10. The van der Waals surface area contributed by atoms with Crippen molar-refractivity contribution < 1.29 is 9.47 Å². The van der Waals surface area contributed by atoms with Crippen LogP contribution in [0.5, 0.6) is 5.75 Å². The van der Waals surface area contributed by atoms with Crippen LogP contribution < -0.4 is 10.4 Å². The van der Waals surface area contributed by atoms with Gasteiger partial charge in [-0.3, -0.25) is 4.57 Å². The van der Waals surface area contributed by atoms with Gasteiger partial charge in [0.1, 0.15) is 5.75 Å². The lowest BCUT2D eigenvalue weighted by atomic mass is 10.1. The summed E-state index contributed by atoms with van der Waals surface area (Å²) >= 11 is 1.52. The maximum absolute atomic E-state index is 11.9. The van der Waals surface area contributed by atoms with E-state index in [-0.39, 0.29) is 11.8 Å². The number of para-hydroxylation sites is 1. The largest absolute Gasteiger partial charge is 0.492 e. The smallest absolute Gasteiger partial charge is 0.344 e. The van der Waals surface area contributed by atoms with E-state index in [1.807, 2.05) is 32.0 Å². The first-order valence-electron chi connectivity index (χ1n) is 8.24. The highest BCUT2D eigenvalue weighted by Crippen LogP contribution is 2.23. The molecule has 7 heteroatoms. The number of hydrogen-bond donors (Lipinski definition) is 1. The van der Waals surface area contributed by atoms with E-state index in [2.05, 4.69) is 10.2 Å². The fourth-order valence-corrected chi connectivity index (χ4v) is 3.64. The van der Waals surface area contributed by atoms with E-state index in [4.69, 9.17) is 9.47 Å². The molecule has 24 heavy (non-hydrogen) atoms. The molecule has 0 aliphatic carbocycles. The number of hydrogen-bond acceptors (Lipinski definition) is 5. The molecule has 2 aromatic rings. The summed E-state index contributed by atoms with van der Waals surface area (Å²) in [6, 6.07) is 6.12. The van der Waals surface area contributed by atoms with Crippen molar-refractivity contribution in [2.75, 3.05) is 19.0 Å². The van der Waals surface area contributed by atoms with Crippen LogP contribution in [0.2, 0.25) is 0 Å². The van der Waals surface area contributed by atoms with Crippen molar-refractivity contribution in [2.45, 2.75) is 44.5 Å². The van der Waals surface area contributed by atoms with Gasteiger partial charge in [-0.15, -0.1) is 5.10 Å². The normalized spacial score (nSPS) is 17.3. The first-order chi connectivity index (χ1) is 11.6. The summed E-state index contributed by atoms with van der Waals surface area (Å²) < 4.78 is 13.2. The van der Waals surface area contributed by atoms with Gasteiger partial charge in [0, 0.05) is 12.4 Å². The maximum atomic E-state index is 11.9. The van der Waals surface area contributed by atoms with Crippen LogP contribution in [0.3, 0.4) is 0 Å². The molecule has 0 spiro atoms. The second-order valence-electron chi connectivity index (χ2n) is 5.97. The second-order valence-corrected chi connectivity index (χ2v) is 7.04. The lowest BCUT2D eigenvalue weighted by Crippen LogP contribution is -2.25. The topological polar surface area (TPSA) is 69.1 Å². The Bertz CT molecular complexity index is 715. The molecule has 0 bridgehead atoms. The van der Waals surface area contributed by atoms with Gasteiger partial charge >= 0.3 is 5.69 Å². The standard InChI is InChI=1S/C17H23N3O3S/c1-12-5-3-6-13(2)15(12)23-9-10-24-17-19-18-16(21)20(17)11-14-7-4-8-22-14/h3,5-6,14H,4,7-11H2,1-2H3,(H,18,21)/t14-/m0/s1. The number of aromatic nitrogens is 3. The molecule has 130 valence electrons. The van der Waals surface area contributed by atoms with Gasteiger partial charge in [0.15, 0.2) is 5.16 Å². The van der Waals surface area contributed by atoms with Crippen molar-refractivity contribution in [1.82, 2.24) is 14.8 Å². The van der Waals surface area contributed by atoms with Gasteiger partial charge in [-0.1, -0.05) is 30.0 Å². The van der Waals surface area contributed by atoms with Crippen molar-refractivity contribution >= 4 is 11.8 Å². The number of benzene rings is 1. The van der Waals surface area contributed by atoms with Crippen molar-refractivity contribution in [3.63, 3.8) is 0 Å². The van der Waals surface area contributed by atoms with Crippen LogP contribution in [0, 0.1) is 13.8 Å². The second kappa shape index (κ2) is 7.90. The minimum atomic E-state index is -0.177. The van der Waals surface area contributed by atoms with Crippen molar-refractivity contribution in [1.29, 1.82) is 0 Å². The molecule has 6 nitrogen and oxygen atoms in total. The molecule has 0 saturated carbocycles. The van der Waals surface area contributed by atoms with Gasteiger partial charge in [0.2, 0.25) is 0 Å². The fraction of sp³-hybridized carbons (Fsp3) is 0.529. The lowest BCUT2D eigenvalue weighted by Gasteiger charge is -2.12. The molecule has 1 aliphatic heterocycles. The summed E-state index contributed by atoms with van der Waals surface area (Å²) in [5, 5.41) is 7.34. The molecule has 1 N–H and O–H groups in total. The third kappa shape index (κ3) is 4.02. The summed E-state index contributed by atoms with van der Waals surface area (Å²) in [5.74, 6) is 1.67. The lowest BCUT2D eigenvalue weighted by molar-refractivity contribution is 0.0941. The molecule has 1 saturated heterocycles. The molecule has 0 radical (unpaired) electrons. The quantitative estimate of drug-likeness (QED) is 0.614. The minimum Gasteiger partial charge on any atom is -0.492 e. The zero-order valence-electron chi connectivity index (χ0n) is 14.1. The van der Waals surface area contributed by atoms with E-state index in [0.29, 0.717) is 18.3 Å². The van der Waals surface area contributed by atoms with Crippen molar-refractivity contribution in [3.05, 3.63) is 39.8 Å². The highest BCUT2D eigenvalue weighted by atomic mass is 32.2. The molecular formula is C17H23N3O3S. The van der Waals surface area contributed by atoms with Gasteiger partial charge in [-0.2, -0.15) is 0 Å². The van der Waals surface area contributed by atoms with Gasteiger partial charge in [-0.25, -0.2) is 9.89 Å². The number of rotatable bonds is 7. The Kier molecular flexibility index (Phi) is 5.63. The highest BCUT2D eigenvalue weighted by molar-refractivity contribution is 7.99. The van der Waals surface area contributed by atoms with E-state index >= 15 is 0 Å². The summed E-state index contributed by atoms with van der Waals surface area (Å²) in [7, 11) is 0. The zero-order chi connectivity index (χ0) is 16.9. The van der Waals surface area contributed by atoms with E-state index in [9.17, 15) is 4.79 Å². The Morgan fingerprint density at radius 1 is 1.42 bits per heavy atom. The Morgan fingerprint density at radius 3 is 2.92 bits per heavy atom. The number of nitrogens with zero attached hydrogens (tertiary/aromatic N) is 2. The van der Waals surface area contributed by atoms with Gasteiger partial charge in [0.25, 0.3) is 0 Å². The van der Waals surface area contributed by atoms with E-state index in [0.717, 1.165) is 42.1 Å². The average Bonchev–Trinajstić information content (AvgIpc) is 3.18. The predicted molar refractivity (Wildman–Crippen MR) is 94.0 cm³/mol. The molecule has 3 rings (SSSR count). The van der Waals surface area contributed by atoms with Crippen LogP contribution in [0.15, 0.2) is 28.2 Å². The Hall–Kier alpha value is -1.73. The molecule has 1 aromatic carbocycles. The van der Waals surface area contributed by atoms with Crippen LogP contribution >= 0.6 is 11.8 Å². The van der Waals surface area contributed by atoms with Crippen molar-refractivity contribution in [3.8, 4) is 5.75 Å². The number of aryl methyl sites for hydroxylation is 2.